The summed E-state index contributed by atoms with van der Waals surface area (Å²) in [5.74, 6) is 0.761. The summed E-state index contributed by atoms with van der Waals surface area (Å²) in [4.78, 5) is 0. The van der Waals surface area contributed by atoms with Gasteiger partial charge in [-0.25, -0.2) is 0 Å². The van der Waals surface area contributed by atoms with Gasteiger partial charge in [-0.05, 0) is 47.9 Å². The van der Waals surface area contributed by atoms with Crippen molar-refractivity contribution in [2.75, 3.05) is 6.54 Å². The summed E-state index contributed by atoms with van der Waals surface area (Å²) in [5.41, 5.74) is 2.23. The molecule has 1 aliphatic carbocycles. The molecule has 0 radical (unpaired) electrons. The normalized spacial score (nSPS) is 22.3. The Morgan fingerprint density at radius 2 is 1.74 bits per heavy atom. The van der Waals surface area contributed by atoms with Crippen LogP contribution in [-0.4, -0.2) is 6.54 Å². The van der Waals surface area contributed by atoms with Gasteiger partial charge >= 0.3 is 0 Å². The molecule has 0 saturated heterocycles. The zero-order chi connectivity index (χ0) is 14.4. The highest BCUT2D eigenvalue weighted by atomic mass is 79.9. The zero-order valence-electron chi connectivity index (χ0n) is 12.3. The van der Waals surface area contributed by atoms with E-state index in [1.807, 2.05) is 0 Å². The highest BCUT2D eigenvalue weighted by Crippen LogP contribution is 2.68. The molecule has 1 N–H and O–H groups in total. The monoisotopic (exact) mass is 387 g/mol. The SMILES string of the molecule is CC(NCC1C(C)(C)C1(C)C)c1ccc(Br)cc1Br. The topological polar surface area (TPSA) is 12.0 Å². The zero-order valence-corrected chi connectivity index (χ0v) is 15.5. The van der Waals surface area contributed by atoms with Crippen molar-refractivity contribution < 1.29 is 0 Å². The van der Waals surface area contributed by atoms with E-state index in [0.717, 1.165) is 21.4 Å². The molecule has 0 bridgehead atoms. The number of hydrogen-bond donors (Lipinski definition) is 1. The van der Waals surface area contributed by atoms with Gasteiger partial charge in [-0.2, -0.15) is 0 Å². The van der Waals surface area contributed by atoms with E-state index in [9.17, 15) is 0 Å². The number of halogens is 2. The molecule has 0 aliphatic heterocycles. The van der Waals surface area contributed by atoms with Crippen LogP contribution in [0.2, 0.25) is 0 Å². The fraction of sp³-hybridized carbons (Fsp3) is 0.625. The molecule has 2 rings (SSSR count). The minimum Gasteiger partial charge on any atom is -0.310 e. The third-order valence-corrected chi connectivity index (χ3v) is 6.56. The van der Waals surface area contributed by atoms with Crippen LogP contribution < -0.4 is 5.32 Å². The molecule has 1 saturated carbocycles. The molecule has 1 nitrogen and oxygen atoms in total. The average molecular weight is 389 g/mol. The molecule has 1 aliphatic rings. The summed E-state index contributed by atoms with van der Waals surface area (Å²) in [6.07, 6.45) is 0. The van der Waals surface area contributed by atoms with Crippen molar-refractivity contribution in [2.45, 2.75) is 40.7 Å². The maximum atomic E-state index is 3.69. The molecule has 0 amide bonds. The second-order valence-electron chi connectivity index (χ2n) is 6.79. The van der Waals surface area contributed by atoms with Crippen LogP contribution in [0.4, 0.5) is 0 Å². The van der Waals surface area contributed by atoms with Gasteiger partial charge in [-0.3, -0.25) is 0 Å². The van der Waals surface area contributed by atoms with Gasteiger partial charge < -0.3 is 5.32 Å². The first kappa shape index (κ1) is 15.5. The maximum absolute atomic E-state index is 3.69. The highest BCUT2D eigenvalue weighted by molar-refractivity contribution is 9.11. The van der Waals surface area contributed by atoms with Gasteiger partial charge in [0.05, 0.1) is 0 Å². The smallest absolute Gasteiger partial charge is 0.0303 e. The first-order chi connectivity index (χ1) is 8.68. The molecule has 0 spiro atoms. The molecule has 0 aromatic heterocycles. The lowest BCUT2D eigenvalue weighted by Gasteiger charge is -2.17. The molecule has 19 heavy (non-hydrogen) atoms. The molecule has 1 aromatic carbocycles. The quantitative estimate of drug-likeness (QED) is 0.713. The van der Waals surface area contributed by atoms with E-state index in [2.05, 4.69) is 90.0 Å². The van der Waals surface area contributed by atoms with Crippen LogP contribution in [0.15, 0.2) is 27.1 Å². The van der Waals surface area contributed by atoms with Gasteiger partial charge in [0, 0.05) is 15.0 Å². The summed E-state index contributed by atoms with van der Waals surface area (Å²) >= 11 is 7.14. The summed E-state index contributed by atoms with van der Waals surface area (Å²) in [7, 11) is 0. The van der Waals surface area contributed by atoms with E-state index < -0.39 is 0 Å². The van der Waals surface area contributed by atoms with Gasteiger partial charge in [0.15, 0.2) is 0 Å². The summed E-state index contributed by atoms with van der Waals surface area (Å²) in [6, 6.07) is 6.76. The Labute approximate surface area is 133 Å². The molecular weight excluding hydrogens is 366 g/mol. The lowest BCUT2D eigenvalue weighted by Crippen LogP contribution is -2.23. The number of nitrogens with one attached hydrogen (secondary N) is 1. The molecule has 1 fully saturated rings. The fourth-order valence-corrected chi connectivity index (χ4v) is 4.49. The Bertz CT molecular complexity index is 466. The van der Waals surface area contributed by atoms with E-state index in [1.54, 1.807) is 0 Å². The van der Waals surface area contributed by atoms with Crippen LogP contribution in [0.1, 0.15) is 46.2 Å². The predicted octanol–water partition coefficient (Wildman–Crippen LogP) is 5.54. The van der Waals surface area contributed by atoms with Crippen LogP contribution in [0.5, 0.6) is 0 Å². The van der Waals surface area contributed by atoms with Crippen molar-refractivity contribution in [1.29, 1.82) is 0 Å². The first-order valence-electron chi connectivity index (χ1n) is 6.86. The van der Waals surface area contributed by atoms with E-state index in [4.69, 9.17) is 0 Å². The number of benzene rings is 1. The van der Waals surface area contributed by atoms with Gasteiger partial charge in [-0.15, -0.1) is 0 Å². The predicted molar refractivity (Wildman–Crippen MR) is 89.3 cm³/mol. The van der Waals surface area contributed by atoms with Gasteiger partial charge in [0.25, 0.3) is 0 Å². The molecule has 0 heterocycles. The molecule has 3 heteroatoms. The first-order valence-corrected chi connectivity index (χ1v) is 8.45. The second-order valence-corrected chi connectivity index (χ2v) is 8.56. The lowest BCUT2D eigenvalue weighted by atomic mass is 10.0. The highest BCUT2D eigenvalue weighted by Gasteiger charge is 2.63. The van der Waals surface area contributed by atoms with Crippen molar-refractivity contribution in [3.05, 3.63) is 32.7 Å². The Morgan fingerprint density at radius 3 is 2.21 bits per heavy atom. The average Bonchev–Trinajstić information content (AvgIpc) is 2.66. The third-order valence-electron chi connectivity index (χ3n) is 5.38. The minimum atomic E-state index is 0.370. The van der Waals surface area contributed by atoms with E-state index in [-0.39, 0.29) is 0 Å². The van der Waals surface area contributed by atoms with E-state index >= 15 is 0 Å². The van der Waals surface area contributed by atoms with Crippen LogP contribution in [0.3, 0.4) is 0 Å². The molecule has 1 unspecified atom stereocenters. The third kappa shape index (κ3) is 2.79. The Morgan fingerprint density at radius 1 is 1.16 bits per heavy atom. The van der Waals surface area contributed by atoms with Gasteiger partial charge in [0.1, 0.15) is 0 Å². The summed E-state index contributed by atoms with van der Waals surface area (Å²) < 4.78 is 2.27. The van der Waals surface area contributed by atoms with Crippen LogP contribution in [0.25, 0.3) is 0 Å². The van der Waals surface area contributed by atoms with Gasteiger partial charge in [0.2, 0.25) is 0 Å². The molecule has 1 atom stereocenters. The summed E-state index contributed by atoms with van der Waals surface area (Å²) in [6.45, 7) is 12.8. The molecule has 106 valence electrons. The van der Waals surface area contributed by atoms with Crippen molar-refractivity contribution >= 4 is 31.9 Å². The molecular formula is C16H23Br2N. The molecule has 1 aromatic rings. The van der Waals surface area contributed by atoms with Crippen LogP contribution in [-0.2, 0) is 0 Å². The standard InChI is InChI=1S/C16H23Br2N/c1-10(12-7-6-11(17)8-13(12)18)19-9-14-15(2,3)16(14,4)5/h6-8,10,14,19H,9H2,1-5H3. The largest absolute Gasteiger partial charge is 0.310 e. The Hall–Kier alpha value is 0.140. The Balaban J connectivity index is 1.98. The Kier molecular flexibility index (Phi) is 4.22. The van der Waals surface area contributed by atoms with Crippen molar-refractivity contribution in [2.24, 2.45) is 16.7 Å². The minimum absolute atomic E-state index is 0.370. The maximum Gasteiger partial charge on any atom is 0.0303 e. The number of rotatable bonds is 4. The lowest BCUT2D eigenvalue weighted by molar-refractivity contribution is 0.457. The van der Waals surface area contributed by atoms with Crippen molar-refractivity contribution in [3.8, 4) is 0 Å². The number of hydrogen-bond acceptors (Lipinski definition) is 1. The van der Waals surface area contributed by atoms with E-state index in [0.29, 0.717) is 16.9 Å². The summed E-state index contributed by atoms with van der Waals surface area (Å²) in [5, 5.41) is 3.69. The van der Waals surface area contributed by atoms with Crippen LogP contribution >= 0.6 is 31.9 Å². The fourth-order valence-electron chi connectivity index (χ4n) is 3.10. The van der Waals surface area contributed by atoms with Crippen molar-refractivity contribution in [1.82, 2.24) is 5.32 Å². The van der Waals surface area contributed by atoms with Crippen LogP contribution in [0, 0.1) is 16.7 Å². The van der Waals surface area contributed by atoms with Gasteiger partial charge in [-0.1, -0.05) is 65.6 Å². The second kappa shape index (κ2) is 5.16. The van der Waals surface area contributed by atoms with E-state index in [1.165, 1.54) is 5.56 Å². The van der Waals surface area contributed by atoms with Crippen molar-refractivity contribution in [3.63, 3.8) is 0 Å².